The molecule has 1 aromatic carbocycles. The molecule has 25 heavy (non-hydrogen) atoms. The average molecular weight is 354 g/mol. The second-order valence-electron chi connectivity index (χ2n) is 5.95. The molecule has 2 heterocycles. The van der Waals surface area contributed by atoms with Gasteiger partial charge in [0.05, 0.1) is 5.70 Å². The van der Waals surface area contributed by atoms with Crippen molar-refractivity contribution in [1.29, 1.82) is 5.26 Å². The van der Waals surface area contributed by atoms with Crippen LogP contribution in [0, 0.1) is 11.3 Å². The fraction of sp³-hybridized carbons (Fsp3) is 0.368. The van der Waals surface area contributed by atoms with Crippen LogP contribution < -0.4 is 5.32 Å². The van der Waals surface area contributed by atoms with Crippen molar-refractivity contribution in [1.82, 2.24) is 15.1 Å². The summed E-state index contributed by atoms with van der Waals surface area (Å²) in [7, 11) is 0. The molecule has 3 rings (SSSR count). The number of amides is 1. The zero-order valence-electron chi connectivity index (χ0n) is 14.6. The summed E-state index contributed by atoms with van der Waals surface area (Å²) in [4.78, 5) is 17.9. The lowest BCUT2D eigenvalue weighted by atomic mass is 10.1. The third-order valence-electron chi connectivity index (χ3n) is 4.41. The average Bonchev–Trinajstić information content (AvgIpc) is 2.99. The summed E-state index contributed by atoms with van der Waals surface area (Å²) >= 11 is 1.53. The molecule has 5 nitrogen and oxygen atoms in total. The molecule has 2 aliphatic rings. The number of piperazine rings is 1. The topological polar surface area (TPSA) is 59.4 Å². The Morgan fingerprint density at radius 1 is 1.28 bits per heavy atom. The summed E-state index contributed by atoms with van der Waals surface area (Å²) in [6.45, 7) is 7.65. The standard InChI is InChI=1S/C19H22N4OS/c1-3-23-17(15-7-5-4-6-8-15)14(2)25-19(23)16(13-20)18(24)22-11-9-21-10-12-22/h4-8,21H,3,9-12H2,1-2H3/b19-16-. The number of carbonyl (C=O) groups excluding carboxylic acids is 1. The molecule has 0 unspecified atom stereocenters. The summed E-state index contributed by atoms with van der Waals surface area (Å²) < 4.78 is 0. The Labute approximate surface area is 153 Å². The van der Waals surface area contributed by atoms with Crippen LogP contribution in [0.5, 0.6) is 0 Å². The van der Waals surface area contributed by atoms with E-state index in [-0.39, 0.29) is 11.5 Å². The van der Waals surface area contributed by atoms with Crippen molar-refractivity contribution in [3.05, 3.63) is 51.4 Å². The highest BCUT2D eigenvalue weighted by atomic mass is 32.2. The maximum Gasteiger partial charge on any atom is 0.267 e. The summed E-state index contributed by atoms with van der Waals surface area (Å²) in [5, 5.41) is 13.7. The molecule has 0 spiro atoms. The predicted molar refractivity (Wildman–Crippen MR) is 101 cm³/mol. The Hall–Kier alpha value is -2.23. The van der Waals surface area contributed by atoms with Crippen LogP contribution in [0.4, 0.5) is 0 Å². The number of thioether (sulfide) groups is 1. The van der Waals surface area contributed by atoms with Gasteiger partial charge < -0.3 is 15.1 Å². The molecule has 0 atom stereocenters. The van der Waals surface area contributed by atoms with E-state index in [1.54, 1.807) is 4.90 Å². The quantitative estimate of drug-likeness (QED) is 0.668. The van der Waals surface area contributed by atoms with Crippen LogP contribution in [0.25, 0.3) is 5.70 Å². The van der Waals surface area contributed by atoms with Gasteiger partial charge in [0, 0.05) is 37.6 Å². The van der Waals surface area contributed by atoms with Gasteiger partial charge in [-0.05, 0) is 19.4 Å². The molecule has 0 bridgehead atoms. The highest BCUT2D eigenvalue weighted by Gasteiger charge is 2.32. The van der Waals surface area contributed by atoms with Crippen molar-refractivity contribution in [2.75, 3.05) is 32.7 Å². The second kappa shape index (κ2) is 7.77. The smallest absolute Gasteiger partial charge is 0.267 e. The van der Waals surface area contributed by atoms with Gasteiger partial charge in [0.15, 0.2) is 0 Å². The molecule has 6 heteroatoms. The maximum atomic E-state index is 12.9. The zero-order chi connectivity index (χ0) is 17.8. The Bertz CT molecular complexity index is 757. The fourth-order valence-corrected chi connectivity index (χ4v) is 4.38. The molecule has 1 fully saturated rings. The van der Waals surface area contributed by atoms with E-state index in [0.717, 1.165) is 34.3 Å². The molecule has 1 aromatic rings. The second-order valence-corrected chi connectivity index (χ2v) is 7.15. The monoisotopic (exact) mass is 354 g/mol. The van der Waals surface area contributed by atoms with Crippen LogP contribution in [-0.4, -0.2) is 48.4 Å². The van der Waals surface area contributed by atoms with E-state index in [1.165, 1.54) is 11.8 Å². The lowest BCUT2D eigenvalue weighted by Gasteiger charge is -2.28. The fourth-order valence-electron chi connectivity index (χ4n) is 3.20. The Morgan fingerprint density at radius 3 is 2.56 bits per heavy atom. The van der Waals surface area contributed by atoms with Crippen molar-refractivity contribution in [3.63, 3.8) is 0 Å². The van der Waals surface area contributed by atoms with Gasteiger partial charge in [0.1, 0.15) is 16.7 Å². The van der Waals surface area contributed by atoms with E-state index in [9.17, 15) is 10.1 Å². The van der Waals surface area contributed by atoms with Crippen LogP contribution in [-0.2, 0) is 4.79 Å². The number of carbonyl (C=O) groups is 1. The van der Waals surface area contributed by atoms with Crippen molar-refractivity contribution < 1.29 is 4.79 Å². The minimum absolute atomic E-state index is 0.160. The Morgan fingerprint density at radius 2 is 1.96 bits per heavy atom. The number of hydrogen-bond donors (Lipinski definition) is 1. The van der Waals surface area contributed by atoms with Crippen molar-refractivity contribution in [3.8, 4) is 6.07 Å². The summed E-state index contributed by atoms with van der Waals surface area (Å²) in [6.07, 6.45) is 0. The van der Waals surface area contributed by atoms with Gasteiger partial charge in [-0.15, -0.1) is 0 Å². The van der Waals surface area contributed by atoms with Gasteiger partial charge in [-0.25, -0.2) is 0 Å². The molecule has 0 radical (unpaired) electrons. The zero-order valence-corrected chi connectivity index (χ0v) is 15.4. The first-order valence-electron chi connectivity index (χ1n) is 8.53. The van der Waals surface area contributed by atoms with Crippen molar-refractivity contribution in [2.45, 2.75) is 13.8 Å². The summed E-state index contributed by atoms with van der Waals surface area (Å²) in [6, 6.07) is 12.3. The Balaban J connectivity index is 1.97. The van der Waals surface area contributed by atoms with Crippen molar-refractivity contribution in [2.24, 2.45) is 0 Å². The SMILES string of the molecule is CCN1C(c2ccccc2)=C(C)S/C1=C(/C#N)C(=O)N1CCNCC1. The van der Waals surface area contributed by atoms with Crippen LogP contribution >= 0.6 is 11.8 Å². The van der Waals surface area contributed by atoms with E-state index < -0.39 is 0 Å². The molecule has 1 amide bonds. The number of rotatable bonds is 3. The number of benzene rings is 1. The van der Waals surface area contributed by atoms with E-state index in [0.29, 0.717) is 19.6 Å². The summed E-state index contributed by atoms with van der Waals surface area (Å²) in [5.41, 5.74) is 2.44. The molecule has 1 saturated heterocycles. The maximum absolute atomic E-state index is 12.9. The Kier molecular flexibility index (Phi) is 5.47. The largest absolute Gasteiger partial charge is 0.335 e. The van der Waals surface area contributed by atoms with Crippen LogP contribution in [0.2, 0.25) is 0 Å². The number of allylic oxidation sites excluding steroid dienone is 1. The van der Waals surface area contributed by atoms with E-state index in [2.05, 4.69) is 28.4 Å². The molecule has 0 saturated carbocycles. The first kappa shape index (κ1) is 17.6. The molecular weight excluding hydrogens is 332 g/mol. The highest BCUT2D eigenvalue weighted by Crippen LogP contribution is 2.46. The predicted octanol–water partition coefficient (Wildman–Crippen LogP) is 2.61. The van der Waals surface area contributed by atoms with Crippen molar-refractivity contribution >= 4 is 23.4 Å². The van der Waals surface area contributed by atoms with Gasteiger partial charge in [-0.2, -0.15) is 5.26 Å². The van der Waals surface area contributed by atoms with Gasteiger partial charge in [0.25, 0.3) is 5.91 Å². The third kappa shape index (κ3) is 3.44. The number of hydrogen-bond acceptors (Lipinski definition) is 5. The summed E-state index contributed by atoms with van der Waals surface area (Å²) in [5.74, 6) is -0.160. The molecule has 2 aliphatic heterocycles. The first-order chi connectivity index (χ1) is 12.2. The lowest BCUT2D eigenvalue weighted by Crippen LogP contribution is -2.47. The number of nitrogens with zero attached hydrogens (tertiary/aromatic N) is 3. The minimum Gasteiger partial charge on any atom is -0.335 e. The van der Waals surface area contributed by atoms with Crippen LogP contribution in [0.3, 0.4) is 0 Å². The normalized spacial score (nSPS) is 19.9. The molecule has 130 valence electrons. The number of nitriles is 1. The molecule has 0 aromatic heterocycles. The highest BCUT2D eigenvalue weighted by molar-refractivity contribution is 8.07. The molecule has 0 aliphatic carbocycles. The van der Waals surface area contributed by atoms with E-state index >= 15 is 0 Å². The van der Waals surface area contributed by atoms with E-state index in [4.69, 9.17) is 0 Å². The van der Waals surface area contributed by atoms with Gasteiger partial charge >= 0.3 is 0 Å². The first-order valence-corrected chi connectivity index (χ1v) is 9.35. The molecule has 1 N–H and O–H groups in total. The molecular formula is C19H22N4OS. The van der Waals surface area contributed by atoms with Crippen LogP contribution in [0.1, 0.15) is 19.4 Å². The number of nitrogens with one attached hydrogen (secondary N) is 1. The van der Waals surface area contributed by atoms with E-state index in [1.807, 2.05) is 32.0 Å². The third-order valence-corrected chi connectivity index (χ3v) is 5.52. The van der Waals surface area contributed by atoms with Crippen LogP contribution in [0.15, 0.2) is 45.8 Å². The van der Waals surface area contributed by atoms with Gasteiger partial charge in [0.2, 0.25) is 0 Å². The van der Waals surface area contributed by atoms with Gasteiger partial charge in [-0.3, -0.25) is 4.79 Å². The van der Waals surface area contributed by atoms with Gasteiger partial charge in [-0.1, -0.05) is 42.1 Å². The minimum atomic E-state index is -0.160. The lowest BCUT2D eigenvalue weighted by molar-refractivity contribution is -0.127.